The molecule has 6 heteroatoms. The SMILES string of the molecule is CN(C)c1c(Cl)cccc1NCc1cnn(CCO)c1. The fourth-order valence-corrected chi connectivity index (χ4v) is 2.38. The molecular weight excluding hydrogens is 276 g/mol. The summed E-state index contributed by atoms with van der Waals surface area (Å²) in [5.41, 5.74) is 3.01. The number of aliphatic hydroxyl groups is 1. The van der Waals surface area contributed by atoms with E-state index in [-0.39, 0.29) is 6.61 Å². The highest BCUT2D eigenvalue weighted by molar-refractivity contribution is 6.34. The molecule has 2 N–H and O–H groups in total. The van der Waals surface area contributed by atoms with Crippen LogP contribution in [-0.2, 0) is 13.1 Å². The Morgan fingerprint density at radius 3 is 2.90 bits per heavy atom. The Labute approximate surface area is 123 Å². The molecule has 0 radical (unpaired) electrons. The fraction of sp³-hybridized carbons (Fsp3) is 0.357. The third-order valence-corrected chi connectivity index (χ3v) is 3.24. The van der Waals surface area contributed by atoms with Crippen molar-refractivity contribution in [3.63, 3.8) is 0 Å². The first-order valence-corrected chi connectivity index (χ1v) is 6.81. The zero-order valence-corrected chi connectivity index (χ0v) is 12.4. The van der Waals surface area contributed by atoms with E-state index in [1.807, 2.05) is 43.4 Å². The normalized spacial score (nSPS) is 10.6. The molecule has 0 bridgehead atoms. The number of aromatic nitrogens is 2. The van der Waals surface area contributed by atoms with Gasteiger partial charge in [-0.2, -0.15) is 5.10 Å². The Hall–Kier alpha value is -1.72. The number of rotatable bonds is 6. The molecule has 2 aromatic rings. The molecule has 0 unspecified atom stereocenters. The largest absolute Gasteiger partial charge is 0.394 e. The van der Waals surface area contributed by atoms with Gasteiger partial charge >= 0.3 is 0 Å². The molecule has 1 aromatic carbocycles. The molecule has 0 fully saturated rings. The van der Waals surface area contributed by atoms with Crippen LogP contribution in [0.1, 0.15) is 5.56 Å². The van der Waals surface area contributed by atoms with Gasteiger partial charge in [-0.05, 0) is 12.1 Å². The zero-order chi connectivity index (χ0) is 14.5. The first-order chi connectivity index (χ1) is 9.61. The van der Waals surface area contributed by atoms with Crippen molar-refractivity contribution < 1.29 is 5.11 Å². The first-order valence-electron chi connectivity index (χ1n) is 6.43. The van der Waals surface area contributed by atoms with Gasteiger partial charge in [0.25, 0.3) is 0 Å². The van der Waals surface area contributed by atoms with E-state index in [9.17, 15) is 0 Å². The van der Waals surface area contributed by atoms with Crippen molar-refractivity contribution in [2.75, 3.05) is 30.9 Å². The predicted octanol–water partition coefficient (Wildman–Crippen LogP) is 2.21. The third kappa shape index (κ3) is 3.43. The number of nitrogens with zero attached hydrogens (tertiary/aromatic N) is 3. The smallest absolute Gasteiger partial charge is 0.0786 e. The zero-order valence-electron chi connectivity index (χ0n) is 11.7. The van der Waals surface area contributed by atoms with Crippen LogP contribution in [0.25, 0.3) is 0 Å². The second-order valence-corrected chi connectivity index (χ2v) is 5.13. The lowest BCUT2D eigenvalue weighted by molar-refractivity contribution is 0.269. The van der Waals surface area contributed by atoms with Crippen LogP contribution < -0.4 is 10.2 Å². The summed E-state index contributed by atoms with van der Waals surface area (Å²) in [6.07, 6.45) is 3.71. The second-order valence-electron chi connectivity index (χ2n) is 4.72. The fourth-order valence-electron chi connectivity index (χ4n) is 2.03. The van der Waals surface area contributed by atoms with Gasteiger partial charge in [-0.3, -0.25) is 4.68 Å². The molecule has 1 aromatic heterocycles. The van der Waals surface area contributed by atoms with E-state index in [0.29, 0.717) is 13.1 Å². The van der Waals surface area contributed by atoms with Gasteiger partial charge in [-0.25, -0.2) is 0 Å². The molecule has 5 nitrogen and oxygen atoms in total. The van der Waals surface area contributed by atoms with E-state index in [1.54, 1.807) is 10.9 Å². The van der Waals surface area contributed by atoms with Gasteiger partial charge < -0.3 is 15.3 Å². The van der Waals surface area contributed by atoms with Gasteiger partial charge in [0, 0.05) is 32.4 Å². The van der Waals surface area contributed by atoms with E-state index in [4.69, 9.17) is 16.7 Å². The van der Waals surface area contributed by atoms with Crippen LogP contribution in [0, 0.1) is 0 Å². The second kappa shape index (κ2) is 6.63. The number of halogens is 1. The van der Waals surface area contributed by atoms with Crippen LogP contribution >= 0.6 is 11.6 Å². The molecule has 1 heterocycles. The standard InChI is InChI=1S/C14H19ClN4O/c1-18(2)14-12(15)4-3-5-13(14)16-8-11-9-17-19(10-11)6-7-20/h3-5,9-10,16,20H,6-8H2,1-2H3. The highest BCUT2D eigenvalue weighted by Gasteiger charge is 2.09. The lowest BCUT2D eigenvalue weighted by atomic mass is 10.2. The van der Waals surface area contributed by atoms with E-state index in [0.717, 1.165) is 22.0 Å². The Bertz CT molecular complexity index is 568. The molecule has 0 saturated heterocycles. The molecule has 0 amide bonds. The minimum atomic E-state index is 0.0909. The highest BCUT2D eigenvalue weighted by Crippen LogP contribution is 2.32. The van der Waals surface area contributed by atoms with Crippen molar-refractivity contribution in [1.82, 2.24) is 9.78 Å². The average Bonchev–Trinajstić information content (AvgIpc) is 2.84. The summed E-state index contributed by atoms with van der Waals surface area (Å²) >= 11 is 6.23. The molecule has 0 atom stereocenters. The van der Waals surface area contributed by atoms with Crippen LogP contribution in [0.2, 0.25) is 5.02 Å². The summed E-state index contributed by atoms with van der Waals surface area (Å²) < 4.78 is 1.72. The summed E-state index contributed by atoms with van der Waals surface area (Å²) in [6, 6.07) is 5.80. The molecule has 0 aliphatic carbocycles. The number of anilines is 2. The Balaban J connectivity index is 2.08. The maximum atomic E-state index is 8.87. The molecular formula is C14H19ClN4O. The van der Waals surface area contributed by atoms with Gasteiger partial charge in [0.1, 0.15) is 0 Å². The summed E-state index contributed by atoms with van der Waals surface area (Å²) in [6.45, 7) is 1.26. The minimum Gasteiger partial charge on any atom is -0.394 e. The van der Waals surface area contributed by atoms with Gasteiger partial charge in [0.05, 0.1) is 35.7 Å². The van der Waals surface area contributed by atoms with Crippen molar-refractivity contribution >= 4 is 23.0 Å². The van der Waals surface area contributed by atoms with Crippen molar-refractivity contribution in [1.29, 1.82) is 0 Å². The monoisotopic (exact) mass is 294 g/mol. The average molecular weight is 295 g/mol. The van der Waals surface area contributed by atoms with E-state index in [2.05, 4.69) is 10.4 Å². The molecule has 20 heavy (non-hydrogen) atoms. The molecule has 0 saturated carbocycles. The van der Waals surface area contributed by atoms with Gasteiger partial charge in [-0.15, -0.1) is 0 Å². The van der Waals surface area contributed by atoms with E-state index >= 15 is 0 Å². The Morgan fingerprint density at radius 2 is 2.20 bits per heavy atom. The van der Waals surface area contributed by atoms with Crippen LogP contribution in [0.5, 0.6) is 0 Å². The third-order valence-electron chi connectivity index (χ3n) is 2.93. The number of benzene rings is 1. The topological polar surface area (TPSA) is 53.3 Å². The Morgan fingerprint density at radius 1 is 1.40 bits per heavy atom. The quantitative estimate of drug-likeness (QED) is 0.858. The van der Waals surface area contributed by atoms with Crippen LogP contribution in [-0.4, -0.2) is 35.6 Å². The summed E-state index contributed by atoms with van der Waals surface area (Å²) in [5, 5.41) is 17.1. The number of aliphatic hydroxyl groups excluding tert-OH is 1. The highest BCUT2D eigenvalue weighted by atomic mass is 35.5. The lowest BCUT2D eigenvalue weighted by Crippen LogP contribution is -2.12. The summed E-state index contributed by atoms with van der Waals surface area (Å²) in [7, 11) is 3.93. The number of hydrogen-bond acceptors (Lipinski definition) is 4. The van der Waals surface area contributed by atoms with Crippen LogP contribution in [0.3, 0.4) is 0 Å². The molecule has 0 spiro atoms. The van der Waals surface area contributed by atoms with E-state index < -0.39 is 0 Å². The summed E-state index contributed by atoms with van der Waals surface area (Å²) in [5.74, 6) is 0. The Kier molecular flexibility index (Phi) is 4.87. The first kappa shape index (κ1) is 14.7. The maximum absolute atomic E-state index is 8.87. The van der Waals surface area contributed by atoms with Crippen molar-refractivity contribution in [2.45, 2.75) is 13.1 Å². The van der Waals surface area contributed by atoms with Crippen molar-refractivity contribution in [3.8, 4) is 0 Å². The predicted molar refractivity (Wildman–Crippen MR) is 82.4 cm³/mol. The molecule has 0 aliphatic heterocycles. The molecule has 0 aliphatic rings. The van der Waals surface area contributed by atoms with Gasteiger partial charge in [-0.1, -0.05) is 17.7 Å². The lowest BCUT2D eigenvalue weighted by Gasteiger charge is -2.19. The number of para-hydroxylation sites is 1. The number of nitrogens with one attached hydrogen (secondary N) is 1. The number of hydrogen-bond donors (Lipinski definition) is 2. The van der Waals surface area contributed by atoms with Gasteiger partial charge in [0.2, 0.25) is 0 Å². The van der Waals surface area contributed by atoms with Crippen LogP contribution in [0.15, 0.2) is 30.6 Å². The van der Waals surface area contributed by atoms with Crippen LogP contribution in [0.4, 0.5) is 11.4 Å². The molecule has 108 valence electrons. The van der Waals surface area contributed by atoms with Gasteiger partial charge in [0.15, 0.2) is 0 Å². The van der Waals surface area contributed by atoms with Crippen molar-refractivity contribution in [3.05, 3.63) is 41.2 Å². The molecule has 2 rings (SSSR count). The van der Waals surface area contributed by atoms with E-state index in [1.165, 1.54) is 0 Å². The summed E-state index contributed by atoms with van der Waals surface area (Å²) in [4.78, 5) is 1.99. The van der Waals surface area contributed by atoms with Crippen molar-refractivity contribution in [2.24, 2.45) is 0 Å². The minimum absolute atomic E-state index is 0.0909. The maximum Gasteiger partial charge on any atom is 0.0786 e.